The molecule has 7 heteroatoms. The molecular formula is C14H15N3O4. The van der Waals surface area contributed by atoms with Crippen molar-refractivity contribution in [2.24, 2.45) is 0 Å². The molecule has 0 aliphatic carbocycles. The highest BCUT2D eigenvalue weighted by Gasteiger charge is 2.18. The summed E-state index contributed by atoms with van der Waals surface area (Å²) < 4.78 is 0. The molecule has 0 unspecified atom stereocenters. The van der Waals surface area contributed by atoms with Crippen LogP contribution in [-0.4, -0.2) is 29.1 Å². The second kappa shape index (κ2) is 7.65. The first-order valence-electron chi connectivity index (χ1n) is 6.31. The standard InChI is InChI=1S/C14H15N3O4/c1-2-16(9-3-8-15)12-6-4-11(5-7-14(18)19)10-13(12)17(20)21/h4-7,10H,2-3,9H2,1H3,(H,18,19). The first-order chi connectivity index (χ1) is 9.99. The zero-order valence-corrected chi connectivity index (χ0v) is 11.5. The third kappa shape index (κ3) is 4.62. The Morgan fingerprint density at radius 2 is 2.29 bits per heavy atom. The molecule has 1 N–H and O–H groups in total. The second-order valence-corrected chi connectivity index (χ2v) is 4.16. The zero-order valence-electron chi connectivity index (χ0n) is 11.5. The number of aliphatic carboxylic acids is 1. The summed E-state index contributed by atoms with van der Waals surface area (Å²) in [7, 11) is 0. The number of nitro groups is 1. The summed E-state index contributed by atoms with van der Waals surface area (Å²) in [6.07, 6.45) is 2.49. The van der Waals surface area contributed by atoms with Crippen LogP contribution in [0.5, 0.6) is 0 Å². The van der Waals surface area contributed by atoms with Crippen molar-refractivity contribution >= 4 is 23.4 Å². The van der Waals surface area contributed by atoms with Gasteiger partial charge in [-0.25, -0.2) is 4.79 Å². The van der Waals surface area contributed by atoms with Crippen LogP contribution < -0.4 is 4.90 Å². The van der Waals surface area contributed by atoms with Crippen LogP contribution in [0.1, 0.15) is 18.9 Å². The molecule has 0 heterocycles. The van der Waals surface area contributed by atoms with Gasteiger partial charge in [-0.3, -0.25) is 10.1 Å². The lowest BCUT2D eigenvalue weighted by Gasteiger charge is -2.21. The maximum atomic E-state index is 11.2. The Labute approximate surface area is 121 Å². The first-order valence-corrected chi connectivity index (χ1v) is 6.31. The SMILES string of the molecule is CCN(CCC#N)c1ccc(C=CC(=O)O)cc1[N+](=O)[O-]. The van der Waals surface area contributed by atoms with E-state index in [1.165, 1.54) is 12.1 Å². The molecule has 0 saturated heterocycles. The number of nitriles is 1. The topological polar surface area (TPSA) is 107 Å². The van der Waals surface area contributed by atoms with Gasteiger partial charge in [0, 0.05) is 25.2 Å². The Bertz CT molecular complexity index is 605. The van der Waals surface area contributed by atoms with Crippen molar-refractivity contribution in [3.05, 3.63) is 40.0 Å². The van der Waals surface area contributed by atoms with E-state index in [1.54, 1.807) is 17.0 Å². The molecule has 1 aromatic rings. The van der Waals surface area contributed by atoms with E-state index in [0.717, 1.165) is 6.08 Å². The van der Waals surface area contributed by atoms with Gasteiger partial charge in [-0.05, 0) is 24.6 Å². The summed E-state index contributed by atoms with van der Waals surface area (Å²) in [6.45, 7) is 2.78. The van der Waals surface area contributed by atoms with Crippen LogP contribution in [0.4, 0.5) is 11.4 Å². The number of carboxylic acids is 1. The number of rotatable bonds is 7. The summed E-state index contributed by atoms with van der Waals surface area (Å²) in [5, 5.41) is 28.4. The minimum absolute atomic E-state index is 0.109. The van der Waals surface area contributed by atoms with E-state index < -0.39 is 10.9 Å². The third-order valence-corrected chi connectivity index (χ3v) is 2.83. The molecule has 0 radical (unpaired) electrons. The molecule has 0 bridgehead atoms. The molecule has 0 aromatic heterocycles. The van der Waals surface area contributed by atoms with E-state index in [0.29, 0.717) is 24.3 Å². The number of carbonyl (C=O) groups is 1. The highest BCUT2D eigenvalue weighted by Crippen LogP contribution is 2.29. The number of hydrogen-bond acceptors (Lipinski definition) is 5. The predicted octanol–water partition coefficient (Wildman–Crippen LogP) is 2.43. The summed E-state index contributed by atoms with van der Waals surface area (Å²) in [5.41, 5.74) is 0.747. The van der Waals surface area contributed by atoms with Gasteiger partial charge in [-0.1, -0.05) is 6.07 Å². The maximum absolute atomic E-state index is 11.2. The molecule has 0 saturated carbocycles. The van der Waals surface area contributed by atoms with Crippen LogP contribution in [0.2, 0.25) is 0 Å². The lowest BCUT2D eigenvalue weighted by molar-refractivity contribution is -0.384. The molecule has 0 aliphatic rings. The molecule has 0 fully saturated rings. The lowest BCUT2D eigenvalue weighted by atomic mass is 10.1. The van der Waals surface area contributed by atoms with E-state index >= 15 is 0 Å². The minimum atomic E-state index is -1.12. The molecule has 0 atom stereocenters. The molecule has 0 spiro atoms. The Kier molecular flexibility index (Phi) is 5.89. The third-order valence-electron chi connectivity index (χ3n) is 2.83. The van der Waals surface area contributed by atoms with Crippen LogP contribution in [0.25, 0.3) is 6.08 Å². The minimum Gasteiger partial charge on any atom is -0.478 e. The number of nitro benzene ring substituents is 1. The van der Waals surface area contributed by atoms with Crippen molar-refractivity contribution in [3.63, 3.8) is 0 Å². The van der Waals surface area contributed by atoms with Crippen molar-refractivity contribution < 1.29 is 14.8 Å². The zero-order chi connectivity index (χ0) is 15.8. The fraction of sp³-hybridized carbons (Fsp3) is 0.286. The number of hydrogen-bond donors (Lipinski definition) is 1. The number of carboxylic acid groups (broad SMARTS) is 1. The molecule has 0 aliphatic heterocycles. The van der Waals surface area contributed by atoms with Gasteiger partial charge >= 0.3 is 5.97 Å². The molecule has 0 amide bonds. The van der Waals surface area contributed by atoms with Crippen LogP contribution in [0, 0.1) is 21.4 Å². The fourth-order valence-electron chi connectivity index (χ4n) is 1.86. The van der Waals surface area contributed by atoms with E-state index in [2.05, 4.69) is 0 Å². The largest absolute Gasteiger partial charge is 0.478 e. The fourth-order valence-corrected chi connectivity index (χ4v) is 1.86. The summed E-state index contributed by atoms with van der Waals surface area (Å²) >= 11 is 0. The predicted molar refractivity (Wildman–Crippen MR) is 77.9 cm³/mol. The molecule has 21 heavy (non-hydrogen) atoms. The second-order valence-electron chi connectivity index (χ2n) is 4.16. The molecule has 110 valence electrons. The maximum Gasteiger partial charge on any atom is 0.328 e. The summed E-state index contributed by atoms with van der Waals surface area (Å²) in [6, 6.07) is 6.51. The Balaban J connectivity index is 3.18. The van der Waals surface area contributed by atoms with Crippen molar-refractivity contribution in [2.75, 3.05) is 18.0 Å². The Hall–Kier alpha value is -2.88. The number of benzene rings is 1. The Morgan fingerprint density at radius 1 is 1.57 bits per heavy atom. The van der Waals surface area contributed by atoms with Crippen molar-refractivity contribution in [1.29, 1.82) is 5.26 Å². The van der Waals surface area contributed by atoms with Gasteiger partial charge in [0.15, 0.2) is 0 Å². The van der Waals surface area contributed by atoms with Gasteiger partial charge < -0.3 is 10.0 Å². The van der Waals surface area contributed by atoms with Gasteiger partial charge in [0.1, 0.15) is 5.69 Å². The first kappa shape index (κ1) is 16.2. The van der Waals surface area contributed by atoms with Crippen molar-refractivity contribution in [2.45, 2.75) is 13.3 Å². The van der Waals surface area contributed by atoms with E-state index in [1.807, 2.05) is 13.0 Å². The summed E-state index contributed by atoms with van der Waals surface area (Å²) in [5.74, 6) is -1.12. The molecule has 1 rings (SSSR count). The molecular weight excluding hydrogens is 274 g/mol. The normalized spacial score (nSPS) is 10.3. The smallest absolute Gasteiger partial charge is 0.328 e. The average Bonchev–Trinajstić information content (AvgIpc) is 2.46. The lowest BCUT2D eigenvalue weighted by Crippen LogP contribution is -2.24. The van der Waals surface area contributed by atoms with E-state index in [9.17, 15) is 14.9 Å². The van der Waals surface area contributed by atoms with Crippen molar-refractivity contribution in [1.82, 2.24) is 0 Å². The van der Waals surface area contributed by atoms with Gasteiger partial charge in [0.2, 0.25) is 0 Å². The van der Waals surface area contributed by atoms with E-state index in [4.69, 9.17) is 10.4 Å². The van der Waals surface area contributed by atoms with Crippen molar-refractivity contribution in [3.8, 4) is 6.07 Å². The van der Waals surface area contributed by atoms with Gasteiger partial charge in [0.25, 0.3) is 5.69 Å². The van der Waals surface area contributed by atoms with Gasteiger partial charge in [0.05, 0.1) is 17.4 Å². The van der Waals surface area contributed by atoms with Gasteiger partial charge in [-0.15, -0.1) is 0 Å². The monoisotopic (exact) mass is 289 g/mol. The Morgan fingerprint density at radius 3 is 2.81 bits per heavy atom. The van der Waals surface area contributed by atoms with Gasteiger partial charge in [-0.2, -0.15) is 5.26 Å². The number of anilines is 1. The number of nitrogens with zero attached hydrogens (tertiary/aromatic N) is 3. The molecule has 1 aromatic carbocycles. The van der Waals surface area contributed by atoms with Crippen LogP contribution in [0.15, 0.2) is 24.3 Å². The van der Waals surface area contributed by atoms with Crippen LogP contribution in [-0.2, 0) is 4.79 Å². The molecule has 7 nitrogen and oxygen atoms in total. The van der Waals surface area contributed by atoms with E-state index in [-0.39, 0.29) is 12.1 Å². The van der Waals surface area contributed by atoms with Crippen LogP contribution in [0.3, 0.4) is 0 Å². The highest BCUT2D eigenvalue weighted by atomic mass is 16.6. The summed E-state index contributed by atoms with van der Waals surface area (Å²) in [4.78, 5) is 22.9. The quantitative estimate of drug-likeness (QED) is 0.469. The van der Waals surface area contributed by atoms with Crippen LogP contribution >= 0.6 is 0 Å². The average molecular weight is 289 g/mol. The highest BCUT2D eigenvalue weighted by molar-refractivity contribution is 5.85.